The number of nitrogens with zero attached hydrogens (tertiary/aromatic N) is 5. The molecule has 2 atom stereocenters. The number of β-amino-alcohol motifs (C(OH)–C–C–N with tert-alkyl or cyclic N) is 1. The molecule has 206 valence electrons. The summed E-state index contributed by atoms with van der Waals surface area (Å²) in [5.74, 6) is -0.222. The zero-order valence-electron chi connectivity index (χ0n) is 22.4. The van der Waals surface area contributed by atoms with E-state index in [4.69, 9.17) is 10.1 Å². The maximum Gasteiger partial charge on any atom is 0.273 e. The van der Waals surface area contributed by atoms with Crippen molar-refractivity contribution in [2.75, 3.05) is 31.1 Å². The van der Waals surface area contributed by atoms with Crippen molar-refractivity contribution in [3.05, 3.63) is 82.9 Å². The Morgan fingerprint density at radius 3 is 2.70 bits per heavy atom. The van der Waals surface area contributed by atoms with Gasteiger partial charge in [-0.05, 0) is 68.0 Å². The van der Waals surface area contributed by atoms with Gasteiger partial charge in [0.2, 0.25) is 0 Å². The molecule has 1 aliphatic carbocycles. The minimum atomic E-state index is -1.16. The highest BCUT2D eigenvalue weighted by molar-refractivity contribution is 5.93. The number of aromatic nitrogens is 3. The van der Waals surface area contributed by atoms with E-state index in [1.807, 2.05) is 34.1 Å². The number of carbonyl (C=O) groups is 1. The number of benzene rings is 2. The molecule has 2 fully saturated rings. The SMILES string of the molecule is C[C@@H]1c2ccccc2CCN1C(=O)c1cc(C2CC2)n2nc(-c3ccc(N4CCC(O)(CO)C4)cc3F)cc2n1. The van der Waals surface area contributed by atoms with Gasteiger partial charge in [0, 0.05) is 48.6 Å². The number of hydrogen-bond acceptors (Lipinski definition) is 6. The normalized spacial score (nSPS) is 22.6. The van der Waals surface area contributed by atoms with Crippen LogP contribution in [0.4, 0.5) is 10.1 Å². The van der Waals surface area contributed by atoms with Crippen LogP contribution in [0.2, 0.25) is 0 Å². The van der Waals surface area contributed by atoms with Gasteiger partial charge in [0.05, 0.1) is 18.3 Å². The standard InChI is InChI=1S/C31H32FN5O3/c1-19-23-5-3-2-4-20(23)10-12-36(19)30(39)27-15-28(21-6-7-21)37-29(33-27)16-26(34-37)24-9-8-22(14-25(24)32)35-13-11-31(40,17-35)18-38/h2-5,8-9,14-16,19,21,38,40H,6-7,10-13,17-18H2,1H3/t19-,31?/m1/s1. The molecule has 0 radical (unpaired) electrons. The molecule has 4 heterocycles. The number of aliphatic hydroxyl groups is 2. The van der Waals surface area contributed by atoms with E-state index in [1.54, 1.807) is 16.6 Å². The molecular weight excluding hydrogens is 509 g/mol. The van der Waals surface area contributed by atoms with E-state index in [1.165, 1.54) is 17.2 Å². The van der Waals surface area contributed by atoms with Gasteiger partial charge in [-0.25, -0.2) is 13.9 Å². The van der Waals surface area contributed by atoms with Gasteiger partial charge in [0.15, 0.2) is 5.65 Å². The van der Waals surface area contributed by atoms with Gasteiger partial charge in [0.25, 0.3) is 5.91 Å². The van der Waals surface area contributed by atoms with Crippen LogP contribution < -0.4 is 4.90 Å². The Morgan fingerprint density at radius 1 is 1.12 bits per heavy atom. The van der Waals surface area contributed by atoms with Crippen molar-refractivity contribution >= 4 is 17.2 Å². The molecule has 4 aromatic rings. The number of aliphatic hydroxyl groups excluding tert-OH is 1. The fourth-order valence-electron chi connectivity index (χ4n) is 6.22. The molecule has 40 heavy (non-hydrogen) atoms. The molecule has 2 aliphatic heterocycles. The van der Waals surface area contributed by atoms with E-state index >= 15 is 4.39 Å². The molecule has 1 unspecified atom stereocenters. The lowest BCUT2D eigenvalue weighted by atomic mass is 9.93. The molecule has 8 nitrogen and oxygen atoms in total. The van der Waals surface area contributed by atoms with Crippen molar-refractivity contribution in [1.29, 1.82) is 0 Å². The van der Waals surface area contributed by atoms with Crippen LogP contribution in [0.1, 0.15) is 65.5 Å². The Kier molecular flexibility index (Phi) is 5.90. The van der Waals surface area contributed by atoms with Crippen LogP contribution in [0.15, 0.2) is 54.6 Å². The lowest BCUT2D eigenvalue weighted by molar-refractivity contribution is 0.00476. The number of amides is 1. The summed E-state index contributed by atoms with van der Waals surface area (Å²) in [5, 5.41) is 24.6. The van der Waals surface area contributed by atoms with Crippen LogP contribution >= 0.6 is 0 Å². The van der Waals surface area contributed by atoms with E-state index in [0.717, 1.165) is 25.0 Å². The molecule has 1 amide bonds. The largest absolute Gasteiger partial charge is 0.393 e. The first-order valence-corrected chi connectivity index (χ1v) is 14.0. The van der Waals surface area contributed by atoms with Crippen molar-refractivity contribution in [3.63, 3.8) is 0 Å². The molecule has 1 saturated heterocycles. The summed E-state index contributed by atoms with van der Waals surface area (Å²) in [5.41, 5.74) is 4.61. The van der Waals surface area contributed by atoms with Gasteiger partial charge >= 0.3 is 0 Å². The maximum absolute atomic E-state index is 15.4. The first-order chi connectivity index (χ1) is 19.3. The Bertz CT molecular complexity index is 1630. The van der Waals surface area contributed by atoms with Gasteiger partial charge < -0.3 is 20.0 Å². The topological polar surface area (TPSA) is 94.2 Å². The van der Waals surface area contributed by atoms with E-state index in [0.29, 0.717) is 53.7 Å². The maximum atomic E-state index is 15.4. The molecule has 2 N–H and O–H groups in total. The number of halogens is 1. The van der Waals surface area contributed by atoms with Crippen molar-refractivity contribution in [2.24, 2.45) is 0 Å². The monoisotopic (exact) mass is 541 g/mol. The van der Waals surface area contributed by atoms with Crippen LogP contribution in [0.5, 0.6) is 0 Å². The second kappa shape index (κ2) is 9.38. The lowest BCUT2D eigenvalue weighted by Crippen LogP contribution is -2.39. The fourth-order valence-corrected chi connectivity index (χ4v) is 6.22. The lowest BCUT2D eigenvalue weighted by Gasteiger charge is -2.35. The number of carbonyl (C=O) groups excluding carboxylic acids is 1. The predicted molar refractivity (Wildman–Crippen MR) is 149 cm³/mol. The number of rotatable bonds is 5. The summed E-state index contributed by atoms with van der Waals surface area (Å²) in [6.07, 6.45) is 3.29. The number of hydrogen-bond donors (Lipinski definition) is 2. The molecule has 1 saturated carbocycles. The molecular formula is C31H32FN5O3. The Hall–Kier alpha value is -3.82. The Balaban J connectivity index is 1.21. The molecule has 0 bridgehead atoms. The molecule has 2 aromatic heterocycles. The molecule has 9 heteroatoms. The highest BCUT2D eigenvalue weighted by atomic mass is 19.1. The predicted octanol–water partition coefficient (Wildman–Crippen LogP) is 4.11. The van der Waals surface area contributed by atoms with E-state index in [2.05, 4.69) is 19.1 Å². The second-order valence-electron chi connectivity index (χ2n) is 11.5. The Morgan fingerprint density at radius 2 is 1.95 bits per heavy atom. The second-order valence-corrected chi connectivity index (χ2v) is 11.5. The first-order valence-electron chi connectivity index (χ1n) is 14.0. The van der Waals surface area contributed by atoms with Crippen molar-refractivity contribution in [3.8, 4) is 11.3 Å². The van der Waals surface area contributed by atoms with E-state index < -0.39 is 11.4 Å². The smallest absolute Gasteiger partial charge is 0.273 e. The van der Waals surface area contributed by atoms with Crippen molar-refractivity contribution in [1.82, 2.24) is 19.5 Å². The fraction of sp³-hybridized carbons (Fsp3) is 0.387. The van der Waals surface area contributed by atoms with E-state index in [9.17, 15) is 15.0 Å². The average molecular weight is 542 g/mol. The third kappa shape index (κ3) is 4.24. The summed E-state index contributed by atoms with van der Waals surface area (Å²) in [6, 6.07) is 16.8. The third-order valence-corrected chi connectivity index (χ3v) is 8.75. The summed E-state index contributed by atoms with van der Waals surface area (Å²) >= 11 is 0. The van der Waals surface area contributed by atoms with Gasteiger partial charge in [-0.3, -0.25) is 4.79 Å². The van der Waals surface area contributed by atoms with Crippen LogP contribution in [0.25, 0.3) is 16.9 Å². The van der Waals surface area contributed by atoms with Gasteiger partial charge in [0.1, 0.15) is 17.1 Å². The van der Waals surface area contributed by atoms with Gasteiger partial charge in [-0.15, -0.1) is 0 Å². The number of fused-ring (bicyclic) bond motifs is 2. The number of anilines is 1. The van der Waals surface area contributed by atoms with Gasteiger partial charge in [-0.2, -0.15) is 5.10 Å². The summed E-state index contributed by atoms with van der Waals surface area (Å²) < 4.78 is 17.2. The average Bonchev–Trinajstić information content (AvgIpc) is 3.60. The highest BCUT2D eigenvalue weighted by Crippen LogP contribution is 2.41. The van der Waals surface area contributed by atoms with E-state index in [-0.39, 0.29) is 25.1 Å². The minimum Gasteiger partial charge on any atom is -0.393 e. The molecule has 7 rings (SSSR count). The van der Waals surface area contributed by atoms with Crippen molar-refractivity contribution in [2.45, 2.75) is 50.2 Å². The highest BCUT2D eigenvalue weighted by Gasteiger charge is 2.36. The summed E-state index contributed by atoms with van der Waals surface area (Å²) in [7, 11) is 0. The molecule has 2 aromatic carbocycles. The third-order valence-electron chi connectivity index (χ3n) is 8.75. The van der Waals surface area contributed by atoms with Crippen LogP contribution in [0, 0.1) is 5.82 Å². The first kappa shape index (κ1) is 25.2. The zero-order valence-corrected chi connectivity index (χ0v) is 22.4. The zero-order chi connectivity index (χ0) is 27.6. The van der Waals surface area contributed by atoms with Crippen LogP contribution in [0.3, 0.4) is 0 Å². The molecule has 0 spiro atoms. The molecule has 3 aliphatic rings. The van der Waals surface area contributed by atoms with Crippen molar-refractivity contribution < 1.29 is 19.4 Å². The summed E-state index contributed by atoms with van der Waals surface area (Å²) in [6.45, 7) is 3.17. The summed E-state index contributed by atoms with van der Waals surface area (Å²) in [4.78, 5) is 22.2. The van der Waals surface area contributed by atoms with Crippen LogP contribution in [-0.2, 0) is 6.42 Å². The van der Waals surface area contributed by atoms with Crippen LogP contribution in [-0.4, -0.2) is 67.5 Å². The quantitative estimate of drug-likeness (QED) is 0.395. The minimum absolute atomic E-state index is 0.0445. The van der Waals surface area contributed by atoms with Gasteiger partial charge in [-0.1, -0.05) is 24.3 Å². The Labute approximate surface area is 231 Å².